The summed E-state index contributed by atoms with van der Waals surface area (Å²) < 4.78 is 0. The predicted molar refractivity (Wildman–Crippen MR) is 80.8 cm³/mol. The number of para-hydroxylation sites is 1. The van der Waals surface area contributed by atoms with E-state index in [1.807, 2.05) is 37.3 Å². The molecule has 0 bridgehead atoms. The Labute approximate surface area is 119 Å². The maximum Gasteiger partial charge on any atom is 0.319 e. The molecule has 1 atom stereocenters. The molecule has 0 heterocycles. The summed E-state index contributed by atoms with van der Waals surface area (Å²) >= 11 is 0. The number of urea groups is 1. The summed E-state index contributed by atoms with van der Waals surface area (Å²) in [6, 6.07) is 16.1. The molecular formula is C17H18N2O. The molecule has 20 heavy (non-hydrogen) atoms. The first-order chi connectivity index (χ1) is 9.74. The van der Waals surface area contributed by atoms with Gasteiger partial charge in [-0.15, -0.1) is 0 Å². The number of hydrogen-bond donors (Lipinski definition) is 2. The van der Waals surface area contributed by atoms with Gasteiger partial charge in [-0.05, 0) is 42.5 Å². The van der Waals surface area contributed by atoms with Gasteiger partial charge in [-0.1, -0.05) is 42.5 Å². The number of anilines is 1. The van der Waals surface area contributed by atoms with E-state index in [-0.39, 0.29) is 12.1 Å². The number of amides is 2. The van der Waals surface area contributed by atoms with Crippen molar-refractivity contribution in [2.45, 2.75) is 25.8 Å². The van der Waals surface area contributed by atoms with Gasteiger partial charge in [-0.25, -0.2) is 4.79 Å². The van der Waals surface area contributed by atoms with Gasteiger partial charge in [0.15, 0.2) is 0 Å². The smallest absolute Gasteiger partial charge is 0.319 e. The second-order valence-corrected chi connectivity index (χ2v) is 5.20. The van der Waals surface area contributed by atoms with Crippen LogP contribution in [-0.4, -0.2) is 6.03 Å². The maximum absolute atomic E-state index is 12.1. The molecule has 1 aliphatic rings. The van der Waals surface area contributed by atoms with Gasteiger partial charge >= 0.3 is 6.03 Å². The van der Waals surface area contributed by atoms with Crippen LogP contribution >= 0.6 is 0 Å². The zero-order chi connectivity index (χ0) is 13.9. The Morgan fingerprint density at radius 2 is 1.85 bits per heavy atom. The van der Waals surface area contributed by atoms with Crippen molar-refractivity contribution in [1.29, 1.82) is 0 Å². The van der Waals surface area contributed by atoms with E-state index in [1.54, 1.807) is 0 Å². The van der Waals surface area contributed by atoms with Crippen LogP contribution in [0.2, 0.25) is 0 Å². The number of benzene rings is 2. The number of carbonyl (C=O) groups excluding carboxylic acids is 1. The topological polar surface area (TPSA) is 41.1 Å². The van der Waals surface area contributed by atoms with Crippen LogP contribution in [-0.2, 0) is 6.42 Å². The van der Waals surface area contributed by atoms with Crippen LogP contribution in [0.1, 0.15) is 29.2 Å². The standard InChI is InChI=1S/C17H18N2O/c1-12-6-2-5-9-15(12)18-17(20)19-16-11-10-13-7-3-4-8-14(13)16/h2-9,16H,10-11H2,1H3,(H2,18,19,20). The first kappa shape index (κ1) is 12.7. The molecule has 0 radical (unpaired) electrons. The second kappa shape index (κ2) is 5.37. The van der Waals surface area contributed by atoms with Crippen molar-refractivity contribution in [3.8, 4) is 0 Å². The molecule has 0 fully saturated rings. The van der Waals surface area contributed by atoms with Gasteiger partial charge in [0.2, 0.25) is 0 Å². The van der Waals surface area contributed by atoms with E-state index in [0.29, 0.717) is 0 Å². The highest BCUT2D eigenvalue weighted by Crippen LogP contribution is 2.30. The number of aryl methyl sites for hydroxylation is 2. The normalized spacial score (nSPS) is 16.6. The quantitative estimate of drug-likeness (QED) is 0.852. The Morgan fingerprint density at radius 3 is 2.70 bits per heavy atom. The Bertz CT molecular complexity index is 636. The van der Waals surface area contributed by atoms with Crippen LogP contribution in [0.3, 0.4) is 0 Å². The lowest BCUT2D eigenvalue weighted by Crippen LogP contribution is -2.31. The average Bonchev–Trinajstić information content (AvgIpc) is 2.85. The minimum atomic E-state index is -0.138. The molecule has 2 amide bonds. The first-order valence-electron chi connectivity index (χ1n) is 6.95. The molecule has 3 rings (SSSR count). The fourth-order valence-electron chi connectivity index (χ4n) is 2.74. The van der Waals surface area contributed by atoms with E-state index < -0.39 is 0 Å². The van der Waals surface area contributed by atoms with E-state index in [2.05, 4.69) is 28.8 Å². The van der Waals surface area contributed by atoms with E-state index in [9.17, 15) is 4.79 Å². The van der Waals surface area contributed by atoms with E-state index in [1.165, 1.54) is 11.1 Å². The molecule has 0 spiro atoms. The second-order valence-electron chi connectivity index (χ2n) is 5.20. The van der Waals surface area contributed by atoms with Crippen LogP contribution < -0.4 is 10.6 Å². The predicted octanol–water partition coefficient (Wildman–Crippen LogP) is 3.80. The maximum atomic E-state index is 12.1. The molecular weight excluding hydrogens is 248 g/mol. The lowest BCUT2D eigenvalue weighted by Gasteiger charge is -2.15. The van der Waals surface area contributed by atoms with Gasteiger partial charge in [0.25, 0.3) is 0 Å². The van der Waals surface area contributed by atoms with E-state index >= 15 is 0 Å². The van der Waals surface area contributed by atoms with Crippen LogP contribution in [0.4, 0.5) is 10.5 Å². The Balaban J connectivity index is 1.68. The number of carbonyl (C=O) groups is 1. The molecule has 1 unspecified atom stereocenters. The molecule has 3 nitrogen and oxygen atoms in total. The van der Waals surface area contributed by atoms with Crippen LogP contribution in [0.25, 0.3) is 0 Å². The zero-order valence-corrected chi connectivity index (χ0v) is 11.5. The Hall–Kier alpha value is -2.29. The van der Waals surface area contributed by atoms with E-state index in [4.69, 9.17) is 0 Å². The van der Waals surface area contributed by atoms with Crippen LogP contribution in [0.15, 0.2) is 48.5 Å². The van der Waals surface area contributed by atoms with E-state index in [0.717, 1.165) is 24.1 Å². The summed E-state index contributed by atoms with van der Waals surface area (Å²) in [7, 11) is 0. The van der Waals surface area contributed by atoms with Gasteiger partial charge in [-0.2, -0.15) is 0 Å². The fraction of sp³-hybridized carbons (Fsp3) is 0.235. The molecule has 2 aromatic rings. The highest BCUT2D eigenvalue weighted by atomic mass is 16.2. The van der Waals surface area contributed by atoms with Gasteiger partial charge in [-0.3, -0.25) is 0 Å². The molecule has 0 saturated carbocycles. The van der Waals surface area contributed by atoms with Gasteiger partial charge in [0.1, 0.15) is 0 Å². The van der Waals surface area contributed by atoms with Crippen molar-refractivity contribution < 1.29 is 4.79 Å². The summed E-state index contributed by atoms with van der Waals surface area (Å²) in [6.07, 6.45) is 2.01. The SMILES string of the molecule is Cc1ccccc1NC(=O)NC1CCc2ccccc21. The zero-order valence-electron chi connectivity index (χ0n) is 11.5. The summed E-state index contributed by atoms with van der Waals surface area (Å²) in [4.78, 5) is 12.1. The monoisotopic (exact) mass is 266 g/mol. The lowest BCUT2D eigenvalue weighted by atomic mass is 10.1. The van der Waals surface area contributed by atoms with Crippen molar-refractivity contribution in [2.24, 2.45) is 0 Å². The van der Waals surface area contributed by atoms with Gasteiger partial charge in [0.05, 0.1) is 6.04 Å². The minimum Gasteiger partial charge on any atom is -0.331 e. The summed E-state index contributed by atoms with van der Waals surface area (Å²) in [5, 5.41) is 5.98. The number of nitrogens with one attached hydrogen (secondary N) is 2. The largest absolute Gasteiger partial charge is 0.331 e. The average molecular weight is 266 g/mol. The molecule has 1 aliphatic carbocycles. The first-order valence-corrected chi connectivity index (χ1v) is 6.95. The lowest BCUT2D eigenvalue weighted by molar-refractivity contribution is 0.248. The molecule has 2 aromatic carbocycles. The molecule has 0 aromatic heterocycles. The Kier molecular flexibility index (Phi) is 3.42. The molecule has 2 N–H and O–H groups in total. The fourth-order valence-corrected chi connectivity index (χ4v) is 2.74. The van der Waals surface area contributed by atoms with Crippen molar-refractivity contribution in [3.63, 3.8) is 0 Å². The summed E-state index contributed by atoms with van der Waals surface area (Å²) in [6.45, 7) is 1.99. The molecule has 102 valence electrons. The molecule has 0 aliphatic heterocycles. The molecule has 0 saturated heterocycles. The van der Waals surface area contributed by atoms with Crippen LogP contribution in [0, 0.1) is 6.92 Å². The minimum absolute atomic E-state index is 0.121. The van der Waals surface area contributed by atoms with Crippen molar-refractivity contribution in [3.05, 3.63) is 65.2 Å². The number of fused-ring (bicyclic) bond motifs is 1. The van der Waals surface area contributed by atoms with Gasteiger partial charge in [0, 0.05) is 5.69 Å². The van der Waals surface area contributed by atoms with Crippen molar-refractivity contribution in [2.75, 3.05) is 5.32 Å². The van der Waals surface area contributed by atoms with Crippen LogP contribution in [0.5, 0.6) is 0 Å². The highest BCUT2D eigenvalue weighted by Gasteiger charge is 2.23. The Morgan fingerprint density at radius 1 is 1.10 bits per heavy atom. The summed E-state index contributed by atoms with van der Waals surface area (Å²) in [5.41, 5.74) is 4.51. The third kappa shape index (κ3) is 2.52. The van der Waals surface area contributed by atoms with Crippen molar-refractivity contribution >= 4 is 11.7 Å². The third-order valence-corrected chi connectivity index (χ3v) is 3.83. The highest BCUT2D eigenvalue weighted by molar-refractivity contribution is 5.90. The summed E-state index contributed by atoms with van der Waals surface area (Å²) in [5.74, 6) is 0. The molecule has 3 heteroatoms. The van der Waals surface area contributed by atoms with Gasteiger partial charge < -0.3 is 10.6 Å². The van der Waals surface area contributed by atoms with Crippen molar-refractivity contribution in [1.82, 2.24) is 5.32 Å². The number of hydrogen-bond acceptors (Lipinski definition) is 1. The third-order valence-electron chi connectivity index (χ3n) is 3.83. The number of rotatable bonds is 2.